The van der Waals surface area contributed by atoms with Gasteiger partial charge in [-0.25, -0.2) is 0 Å². The molecule has 0 aromatic carbocycles. The van der Waals surface area contributed by atoms with Crippen molar-refractivity contribution in [2.24, 2.45) is 0 Å². The van der Waals surface area contributed by atoms with E-state index in [1.54, 1.807) is 0 Å². The maximum absolute atomic E-state index is 11.6. The van der Waals surface area contributed by atoms with E-state index in [1.165, 1.54) is 32.8 Å². The highest BCUT2D eigenvalue weighted by atomic mass is 16.5. The molecule has 0 N–H and O–H groups in total. The van der Waals surface area contributed by atoms with Crippen LogP contribution in [0.5, 0.6) is 0 Å². The van der Waals surface area contributed by atoms with Crippen LogP contribution in [0.1, 0.15) is 45.4 Å². The zero-order valence-corrected chi connectivity index (χ0v) is 10.00. The van der Waals surface area contributed by atoms with E-state index < -0.39 is 0 Å². The van der Waals surface area contributed by atoms with Gasteiger partial charge in [-0.15, -0.1) is 0 Å². The van der Waals surface area contributed by atoms with Gasteiger partial charge in [-0.05, 0) is 32.4 Å². The first-order valence-electron chi connectivity index (χ1n) is 6.11. The van der Waals surface area contributed by atoms with E-state index in [9.17, 15) is 4.79 Å². The van der Waals surface area contributed by atoms with Gasteiger partial charge < -0.3 is 4.74 Å². The van der Waals surface area contributed by atoms with Gasteiger partial charge in [-0.1, -0.05) is 26.2 Å². The van der Waals surface area contributed by atoms with Gasteiger partial charge in [0.2, 0.25) is 0 Å². The van der Waals surface area contributed by atoms with Crippen LogP contribution in [-0.4, -0.2) is 37.1 Å². The van der Waals surface area contributed by atoms with Crippen LogP contribution < -0.4 is 0 Å². The van der Waals surface area contributed by atoms with E-state index in [4.69, 9.17) is 4.74 Å². The Labute approximate surface area is 92.8 Å². The summed E-state index contributed by atoms with van der Waals surface area (Å²) in [6.45, 7) is 4.23. The normalized spacial score (nSPS) is 20.7. The largest absolute Gasteiger partial charge is 0.468 e. The van der Waals surface area contributed by atoms with Crippen LogP contribution in [-0.2, 0) is 9.53 Å². The molecule has 1 fully saturated rings. The summed E-state index contributed by atoms with van der Waals surface area (Å²) in [7, 11) is 1.49. The van der Waals surface area contributed by atoms with Crippen LogP contribution in [0.3, 0.4) is 0 Å². The van der Waals surface area contributed by atoms with E-state index >= 15 is 0 Å². The quantitative estimate of drug-likeness (QED) is 0.670. The lowest BCUT2D eigenvalue weighted by molar-refractivity contribution is -0.147. The summed E-state index contributed by atoms with van der Waals surface area (Å²) in [5.41, 5.74) is 0. The van der Waals surface area contributed by atoms with E-state index in [0.29, 0.717) is 0 Å². The number of esters is 1. The summed E-state index contributed by atoms with van der Waals surface area (Å²) >= 11 is 0. The van der Waals surface area contributed by atoms with Gasteiger partial charge in [-0.2, -0.15) is 0 Å². The standard InChI is InChI=1S/C12H23NO2/c1-3-8-11(12(14)15-2)13-9-6-4-5-7-10-13/h11H,3-10H2,1-2H3/t11-/m0/s1. The molecular formula is C12H23NO2. The molecule has 1 aliphatic heterocycles. The molecule has 0 spiro atoms. The fraction of sp³-hybridized carbons (Fsp3) is 0.917. The van der Waals surface area contributed by atoms with Gasteiger partial charge >= 0.3 is 5.97 Å². The minimum absolute atomic E-state index is 0.00176. The topological polar surface area (TPSA) is 29.5 Å². The van der Waals surface area contributed by atoms with Gasteiger partial charge in [0, 0.05) is 0 Å². The summed E-state index contributed by atoms with van der Waals surface area (Å²) in [4.78, 5) is 14.0. The number of ether oxygens (including phenoxy) is 1. The van der Waals surface area contributed by atoms with E-state index in [2.05, 4.69) is 11.8 Å². The Balaban J connectivity index is 2.55. The predicted molar refractivity (Wildman–Crippen MR) is 60.8 cm³/mol. The second-order valence-electron chi connectivity index (χ2n) is 4.28. The van der Waals surface area contributed by atoms with Crippen LogP contribution in [0.15, 0.2) is 0 Å². The highest BCUT2D eigenvalue weighted by Crippen LogP contribution is 2.16. The SMILES string of the molecule is CCC[C@@H](C(=O)OC)N1CCCCCC1. The highest BCUT2D eigenvalue weighted by molar-refractivity contribution is 5.75. The smallest absolute Gasteiger partial charge is 0.323 e. The second kappa shape index (κ2) is 6.83. The van der Waals surface area contributed by atoms with Crippen molar-refractivity contribution in [1.82, 2.24) is 4.90 Å². The monoisotopic (exact) mass is 213 g/mol. The minimum atomic E-state index is -0.0567. The Morgan fingerprint density at radius 1 is 1.27 bits per heavy atom. The first kappa shape index (κ1) is 12.5. The molecule has 15 heavy (non-hydrogen) atoms. The summed E-state index contributed by atoms with van der Waals surface area (Å²) in [6.07, 6.45) is 7.00. The zero-order valence-electron chi connectivity index (χ0n) is 10.00. The lowest BCUT2D eigenvalue weighted by Crippen LogP contribution is -2.42. The molecule has 88 valence electrons. The van der Waals surface area contributed by atoms with Crippen molar-refractivity contribution in [1.29, 1.82) is 0 Å². The maximum atomic E-state index is 11.6. The average molecular weight is 213 g/mol. The molecule has 0 amide bonds. The first-order valence-corrected chi connectivity index (χ1v) is 6.11. The number of carbonyl (C=O) groups excluding carboxylic acids is 1. The number of nitrogens with zero attached hydrogens (tertiary/aromatic N) is 1. The number of carbonyl (C=O) groups is 1. The van der Waals surface area contributed by atoms with Crippen molar-refractivity contribution in [2.75, 3.05) is 20.2 Å². The number of methoxy groups -OCH3 is 1. The van der Waals surface area contributed by atoms with Crippen LogP contribution >= 0.6 is 0 Å². The Morgan fingerprint density at radius 3 is 2.33 bits per heavy atom. The molecule has 0 radical (unpaired) electrons. The van der Waals surface area contributed by atoms with Gasteiger partial charge in [0.25, 0.3) is 0 Å². The van der Waals surface area contributed by atoms with Crippen molar-refractivity contribution in [3.8, 4) is 0 Å². The minimum Gasteiger partial charge on any atom is -0.468 e. The van der Waals surface area contributed by atoms with Crippen molar-refractivity contribution < 1.29 is 9.53 Å². The summed E-state index contributed by atoms with van der Waals surface area (Å²) < 4.78 is 4.88. The molecule has 3 heteroatoms. The lowest BCUT2D eigenvalue weighted by atomic mass is 10.1. The van der Waals surface area contributed by atoms with Crippen LogP contribution in [0.2, 0.25) is 0 Å². The third-order valence-electron chi connectivity index (χ3n) is 3.12. The molecule has 0 aromatic heterocycles. The summed E-state index contributed by atoms with van der Waals surface area (Å²) in [6, 6.07) is -0.00176. The van der Waals surface area contributed by atoms with Gasteiger partial charge in [0.05, 0.1) is 7.11 Å². The van der Waals surface area contributed by atoms with E-state index in [0.717, 1.165) is 25.9 Å². The predicted octanol–water partition coefficient (Wildman–Crippen LogP) is 2.20. The Morgan fingerprint density at radius 2 is 1.87 bits per heavy atom. The van der Waals surface area contributed by atoms with Crippen molar-refractivity contribution in [3.05, 3.63) is 0 Å². The Hall–Kier alpha value is -0.570. The molecule has 0 unspecified atom stereocenters. The number of likely N-dealkylation sites (tertiary alicyclic amines) is 1. The Bertz CT molecular complexity index is 186. The Kier molecular flexibility index (Phi) is 5.69. The molecule has 1 atom stereocenters. The van der Waals surface area contributed by atoms with Crippen LogP contribution in [0.25, 0.3) is 0 Å². The fourth-order valence-corrected chi connectivity index (χ4v) is 2.27. The molecule has 1 heterocycles. The second-order valence-corrected chi connectivity index (χ2v) is 4.28. The average Bonchev–Trinajstić information content (AvgIpc) is 2.53. The van der Waals surface area contributed by atoms with E-state index in [1.807, 2.05) is 0 Å². The summed E-state index contributed by atoms with van der Waals surface area (Å²) in [5.74, 6) is -0.0567. The molecule has 1 saturated heterocycles. The maximum Gasteiger partial charge on any atom is 0.323 e. The van der Waals surface area contributed by atoms with Gasteiger partial charge in [0.15, 0.2) is 0 Å². The van der Waals surface area contributed by atoms with E-state index in [-0.39, 0.29) is 12.0 Å². The number of hydrogen-bond acceptors (Lipinski definition) is 3. The van der Waals surface area contributed by atoms with Crippen LogP contribution in [0, 0.1) is 0 Å². The third-order valence-corrected chi connectivity index (χ3v) is 3.12. The number of hydrogen-bond donors (Lipinski definition) is 0. The molecule has 0 aromatic rings. The molecule has 0 bridgehead atoms. The molecule has 0 saturated carbocycles. The van der Waals surface area contributed by atoms with Gasteiger partial charge in [-0.3, -0.25) is 9.69 Å². The van der Waals surface area contributed by atoms with Crippen molar-refractivity contribution >= 4 is 5.97 Å². The third kappa shape index (κ3) is 3.82. The van der Waals surface area contributed by atoms with Gasteiger partial charge in [0.1, 0.15) is 6.04 Å². The summed E-state index contributed by atoms with van der Waals surface area (Å²) in [5, 5.41) is 0. The molecule has 3 nitrogen and oxygen atoms in total. The highest BCUT2D eigenvalue weighted by Gasteiger charge is 2.25. The van der Waals surface area contributed by atoms with Crippen molar-refractivity contribution in [3.63, 3.8) is 0 Å². The lowest BCUT2D eigenvalue weighted by Gasteiger charge is -2.28. The number of rotatable bonds is 4. The van der Waals surface area contributed by atoms with Crippen LogP contribution in [0.4, 0.5) is 0 Å². The molecule has 1 aliphatic rings. The fourth-order valence-electron chi connectivity index (χ4n) is 2.27. The van der Waals surface area contributed by atoms with Crippen molar-refractivity contribution in [2.45, 2.75) is 51.5 Å². The first-order chi connectivity index (χ1) is 7.29. The molecule has 0 aliphatic carbocycles. The molecule has 1 rings (SSSR count). The molecular weight excluding hydrogens is 190 g/mol. The zero-order chi connectivity index (χ0) is 11.1.